The fourth-order valence-electron chi connectivity index (χ4n) is 2.76. The van der Waals surface area contributed by atoms with E-state index in [0.717, 1.165) is 25.7 Å². The molecule has 0 saturated heterocycles. The van der Waals surface area contributed by atoms with Crippen molar-refractivity contribution in [2.24, 2.45) is 0 Å². The normalized spacial score (nSPS) is 17.0. The highest BCUT2D eigenvalue weighted by atomic mass is 35.5. The Kier molecular flexibility index (Phi) is 4.84. The first-order valence-electron chi connectivity index (χ1n) is 6.64. The van der Waals surface area contributed by atoms with E-state index in [1.807, 2.05) is 6.92 Å². The van der Waals surface area contributed by atoms with Crippen LogP contribution in [0.5, 0.6) is 0 Å². The van der Waals surface area contributed by atoms with Gasteiger partial charge in [0.2, 0.25) is 10.0 Å². The molecule has 0 amide bonds. The van der Waals surface area contributed by atoms with Crippen LogP contribution >= 0.6 is 23.2 Å². The van der Waals surface area contributed by atoms with Crippen molar-refractivity contribution in [1.29, 1.82) is 0 Å². The molecule has 4 nitrogen and oxygen atoms in total. The van der Waals surface area contributed by atoms with Crippen molar-refractivity contribution in [3.63, 3.8) is 0 Å². The Bertz CT molecular complexity index is 575. The summed E-state index contributed by atoms with van der Waals surface area (Å²) < 4.78 is 27.1. The summed E-state index contributed by atoms with van der Waals surface area (Å²) in [6.45, 7) is 2.24. The number of rotatable bonds is 4. The van der Waals surface area contributed by atoms with Crippen LogP contribution in [0.1, 0.15) is 32.6 Å². The summed E-state index contributed by atoms with van der Waals surface area (Å²) in [4.78, 5) is -0.0382. The molecule has 1 aromatic carbocycles. The van der Waals surface area contributed by atoms with Crippen molar-refractivity contribution in [3.8, 4) is 0 Å². The maximum absolute atomic E-state index is 12.8. The van der Waals surface area contributed by atoms with Crippen molar-refractivity contribution < 1.29 is 8.42 Å². The van der Waals surface area contributed by atoms with Crippen LogP contribution in [0.4, 0.5) is 5.69 Å². The molecular weight excluding hydrogens is 319 g/mol. The third kappa shape index (κ3) is 2.91. The lowest BCUT2D eigenvalue weighted by Gasteiger charge is -2.27. The van der Waals surface area contributed by atoms with Crippen LogP contribution in [0.3, 0.4) is 0 Å². The van der Waals surface area contributed by atoms with E-state index in [-0.39, 0.29) is 21.0 Å². The maximum Gasteiger partial charge on any atom is 0.246 e. The lowest BCUT2D eigenvalue weighted by atomic mass is 10.2. The first-order valence-corrected chi connectivity index (χ1v) is 8.84. The van der Waals surface area contributed by atoms with Crippen LogP contribution in [0.2, 0.25) is 10.0 Å². The highest BCUT2D eigenvalue weighted by molar-refractivity contribution is 7.89. The summed E-state index contributed by atoms with van der Waals surface area (Å²) in [7, 11) is -3.70. The van der Waals surface area contributed by atoms with Gasteiger partial charge < -0.3 is 5.73 Å². The van der Waals surface area contributed by atoms with Crippen LogP contribution in [0.25, 0.3) is 0 Å². The van der Waals surface area contributed by atoms with Crippen LogP contribution in [0.15, 0.2) is 17.0 Å². The molecule has 112 valence electrons. The molecule has 1 aliphatic carbocycles. The first kappa shape index (κ1) is 15.9. The minimum absolute atomic E-state index is 0.0367. The average Bonchev–Trinajstić information content (AvgIpc) is 2.80. The van der Waals surface area contributed by atoms with Crippen LogP contribution in [-0.4, -0.2) is 25.3 Å². The van der Waals surface area contributed by atoms with Gasteiger partial charge in [0.15, 0.2) is 0 Å². The quantitative estimate of drug-likeness (QED) is 0.855. The van der Waals surface area contributed by atoms with Crippen LogP contribution < -0.4 is 5.73 Å². The number of hydrogen-bond donors (Lipinski definition) is 1. The van der Waals surface area contributed by atoms with E-state index < -0.39 is 10.0 Å². The second kappa shape index (κ2) is 6.10. The molecule has 1 aliphatic rings. The zero-order valence-electron chi connectivity index (χ0n) is 11.3. The largest absolute Gasteiger partial charge is 0.399 e. The van der Waals surface area contributed by atoms with Crippen molar-refractivity contribution in [2.45, 2.75) is 43.5 Å². The highest BCUT2D eigenvalue weighted by Gasteiger charge is 2.34. The molecule has 1 fully saturated rings. The van der Waals surface area contributed by atoms with Crippen molar-refractivity contribution in [3.05, 3.63) is 22.2 Å². The van der Waals surface area contributed by atoms with Gasteiger partial charge in [-0.25, -0.2) is 8.42 Å². The van der Waals surface area contributed by atoms with Gasteiger partial charge in [-0.1, -0.05) is 43.0 Å². The number of benzene rings is 1. The van der Waals surface area contributed by atoms with Crippen molar-refractivity contribution in [2.75, 3.05) is 12.3 Å². The van der Waals surface area contributed by atoms with Crippen molar-refractivity contribution >= 4 is 38.9 Å². The molecule has 0 aromatic heterocycles. The molecule has 20 heavy (non-hydrogen) atoms. The Morgan fingerprint density at radius 1 is 1.25 bits per heavy atom. The SMILES string of the molecule is CCN(C1CCCC1)S(=O)(=O)c1c(Cl)cc(N)cc1Cl. The molecule has 1 saturated carbocycles. The van der Waals surface area contributed by atoms with Crippen LogP contribution in [-0.2, 0) is 10.0 Å². The molecule has 2 rings (SSSR count). The number of hydrogen-bond acceptors (Lipinski definition) is 3. The van der Waals surface area contributed by atoms with Gasteiger partial charge in [0.25, 0.3) is 0 Å². The van der Waals surface area contributed by atoms with E-state index in [2.05, 4.69) is 0 Å². The summed E-state index contributed by atoms with van der Waals surface area (Å²) in [6, 6.07) is 2.88. The number of halogens is 2. The minimum Gasteiger partial charge on any atom is -0.399 e. The van der Waals surface area contributed by atoms with Gasteiger partial charge in [0, 0.05) is 18.3 Å². The van der Waals surface area contributed by atoms with Gasteiger partial charge in [-0.05, 0) is 25.0 Å². The Labute approximate surface area is 129 Å². The molecule has 0 heterocycles. The van der Waals surface area contributed by atoms with Crippen LogP contribution in [0, 0.1) is 0 Å². The topological polar surface area (TPSA) is 63.4 Å². The second-order valence-electron chi connectivity index (χ2n) is 4.96. The fraction of sp³-hybridized carbons (Fsp3) is 0.538. The number of nitrogens with two attached hydrogens (primary N) is 1. The van der Waals surface area contributed by atoms with Gasteiger partial charge in [0.05, 0.1) is 10.0 Å². The third-order valence-corrected chi connectivity index (χ3v) is 6.58. The van der Waals surface area contributed by atoms with E-state index in [9.17, 15) is 8.42 Å². The van der Waals surface area contributed by atoms with E-state index in [1.54, 1.807) is 0 Å². The number of nitrogen functional groups attached to an aromatic ring is 1. The zero-order valence-corrected chi connectivity index (χ0v) is 13.6. The van der Waals surface area contributed by atoms with Gasteiger partial charge in [0.1, 0.15) is 4.90 Å². The lowest BCUT2D eigenvalue weighted by Crippen LogP contribution is -2.38. The summed E-state index contributed by atoms with van der Waals surface area (Å²) in [6.07, 6.45) is 3.88. The maximum atomic E-state index is 12.8. The standard InChI is InChI=1S/C13H18Cl2N2O2S/c1-2-17(10-5-3-4-6-10)20(18,19)13-11(14)7-9(16)8-12(13)15/h7-8,10H,2-6,16H2,1H3. The predicted molar refractivity (Wildman–Crippen MR) is 82.7 cm³/mol. The summed E-state index contributed by atoms with van der Waals surface area (Å²) in [5.41, 5.74) is 5.97. The van der Waals surface area contributed by atoms with E-state index in [0.29, 0.717) is 12.2 Å². The molecule has 7 heteroatoms. The number of nitrogens with zero attached hydrogens (tertiary/aromatic N) is 1. The Balaban J connectivity index is 2.48. The van der Waals surface area contributed by atoms with Crippen molar-refractivity contribution in [1.82, 2.24) is 4.31 Å². The Morgan fingerprint density at radius 3 is 2.20 bits per heavy atom. The van der Waals surface area contributed by atoms with Gasteiger partial charge >= 0.3 is 0 Å². The average molecular weight is 337 g/mol. The summed E-state index contributed by atoms with van der Waals surface area (Å²) >= 11 is 12.1. The molecule has 2 N–H and O–H groups in total. The predicted octanol–water partition coefficient (Wildman–Crippen LogP) is 3.53. The molecule has 0 atom stereocenters. The fourth-order valence-corrected chi connectivity index (χ4v) is 5.64. The molecule has 0 aliphatic heterocycles. The Morgan fingerprint density at radius 2 is 1.75 bits per heavy atom. The molecule has 0 radical (unpaired) electrons. The second-order valence-corrected chi connectivity index (χ2v) is 7.60. The molecule has 1 aromatic rings. The molecular formula is C13H18Cl2N2O2S. The monoisotopic (exact) mass is 336 g/mol. The minimum atomic E-state index is -3.70. The van der Waals surface area contributed by atoms with E-state index in [4.69, 9.17) is 28.9 Å². The van der Waals surface area contributed by atoms with E-state index in [1.165, 1.54) is 16.4 Å². The van der Waals surface area contributed by atoms with E-state index >= 15 is 0 Å². The third-order valence-electron chi connectivity index (χ3n) is 3.63. The summed E-state index contributed by atoms with van der Waals surface area (Å²) in [5.74, 6) is 0. The van der Waals surface area contributed by atoms with Gasteiger partial charge in [-0.3, -0.25) is 0 Å². The number of anilines is 1. The Hall–Kier alpha value is -0.490. The lowest BCUT2D eigenvalue weighted by molar-refractivity contribution is 0.335. The number of sulfonamides is 1. The van der Waals surface area contributed by atoms with Gasteiger partial charge in [-0.2, -0.15) is 4.31 Å². The molecule has 0 spiro atoms. The van der Waals surface area contributed by atoms with Gasteiger partial charge in [-0.15, -0.1) is 0 Å². The smallest absolute Gasteiger partial charge is 0.246 e. The highest BCUT2D eigenvalue weighted by Crippen LogP contribution is 2.36. The molecule has 0 unspecified atom stereocenters. The first-order chi connectivity index (χ1) is 9.37. The zero-order chi connectivity index (χ0) is 14.9. The summed E-state index contributed by atoms with van der Waals surface area (Å²) in [5, 5.41) is 0.151. The molecule has 0 bridgehead atoms.